The predicted octanol–water partition coefficient (Wildman–Crippen LogP) is -0.857. The lowest BCUT2D eigenvalue weighted by atomic mass is 10.0. The second kappa shape index (κ2) is 6.10. The molecule has 3 atom stereocenters. The third-order valence-electron chi connectivity index (χ3n) is 3.32. The number of aliphatic hydroxyl groups excluding tert-OH is 3. The van der Waals surface area contributed by atoms with Crippen molar-refractivity contribution in [2.45, 2.75) is 25.0 Å². The van der Waals surface area contributed by atoms with Gasteiger partial charge in [0.25, 0.3) is 0 Å². The summed E-state index contributed by atoms with van der Waals surface area (Å²) in [5.74, 6) is -3.52. The number of rotatable bonds is 4. The van der Waals surface area contributed by atoms with E-state index in [1.165, 1.54) is 0 Å². The average molecular weight is 287 g/mol. The molecule has 0 aliphatic carbocycles. The molecule has 0 amide bonds. The number of carbonyl (C=O) groups is 2. The number of cyclic esters (lactones) is 1. The van der Waals surface area contributed by atoms with E-state index in [0.717, 1.165) is 13.0 Å². The van der Waals surface area contributed by atoms with Crippen molar-refractivity contribution < 1.29 is 34.4 Å². The van der Waals surface area contributed by atoms with Gasteiger partial charge in [0, 0.05) is 6.54 Å². The minimum absolute atomic E-state index is 0.264. The Morgan fingerprint density at radius 2 is 2.25 bits per heavy atom. The Bertz CT molecular complexity index is 428. The minimum atomic E-state index is -1.43. The number of hydrogen-bond donors (Lipinski definition) is 4. The van der Waals surface area contributed by atoms with E-state index in [1.54, 1.807) is 0 Å². The Hall–Kier alpha value is -1.80. The quantitative estimate of drug-likeness (QED) is 0.492. The Morgan fingerprint density at radius 3 is 2.80 bits per heavy atom. The molecule has 0 bridgehead atoms. The molecule has 2 rings (SSSR count). The molecular weight excluding hydrogens is 270 g/mol. The highest BCUT2D eigenvalue weighted by atomic mass is 16.6. The molecule has 0 saturated carbocycles. The summed E-state index contributed by atoms with van der Waals surface area (Å²) in [5, 5.41) is 31.3. The second-order valence-corrected chi connectivity index (χ2v) is 4.80. The number of esters is 2. The van der Waals surface area contributed by atoms with Gasteiger partial charge in [-0.15, -0.1) is 0 Å². The zero-order chi connectivity index (χ0) is 14.7. The third kappa shape index (κ3) is 3.02. The Labute approximate surface area is 115 Å². The van der Waals surface area contributed by atoms with Gasteiger partial charge in [0.1, 0.15) is 12.7 Å². The molecule has 112 valence electrons. The summed E-state index contributed by atoms with van der Waals surface area (Å²) < 4.78 is 9.50. The molecule has 1 unspecified atom stereocenters. The highest BCUT2D eigenvalue weighted by molar-refractivity contribution is 5.89. The normalized spacial score (nSPS) is 28.1. The van der Waals surface area contributed by atoms with Gasteiger partial charge in [-0.1, -0.05) is 0 Å². The van der Waals surface area contributed by atoms with Crippen LogP contribution in [0.5, 0.6) is 0 Å². The molecule has 2 heterocycles. The summed E-state index contributed by atoms with van der Waals surface area (Å²) in [4.78, 5) is 22.7. The standard InChI is InChI=1S/C12H17NO7/c14-7(10-8(15)9(16)12(18)20-10)5-19-11(17)6-2-1-3-13-4-6/h6-7,10,13-16H,1-5H2/t6?,7-,10-/m1/s1. The van der Waals surface area contributed by atoms with Crippen LogP contribution in [0.1, 0.15) is 12.8 Å². The van der Waals surface area contributed by atoms with Crippen LogP contribution >= 0.6 is 0 Å². The molecule has 1 saturated heterocycles. The lowest BCUT2D eigenvalue weighted by molar-refractivity contribution is -0.157. The van der Waals surface area contributed by atoms with Crippen LogP contribution in [0.25, 0.3) is 0 Å². The highest BCUT2D eigenvalue weighted by Gasteiger charge is 2.40. The van der Waals surface area contributed by atoms with Crippen LogP contribution < -0.4 is 5.32 Å². The van der Waals surface area contributed by atoms with E-state index in [2.05, 4.69) is 10.1 Å². The molecule has 2 aliphatic rings. The van der Waals surface area contributed by atoms with Crippen LogP contribution in [0, 0.1) is 5.92 Å². The molecule has 2 aliphatic heterocycles. The van der Waals surface area contributed by atoms with Gasteiger partial charge in [-0.25, -0.2) is 4.79 Å². The zero-order valence-electron chi connectivity index (χ0n) is 10.7. The summed E-state index contributed by atoms with van der Waals surface area (Å²) in [6.45, 7) is 0.965. The molecule has 0 aromatic rings. The van der Waals surface area contributed by atoms with Gasteiger partial charge in [-0.3, -0.25) is 4.79 Å². The van der Waals surface area contributed by atoms with Crippen LogP contribution in [-0.4, -0.2) is 59.2 Å². The smallest absolute Gasteiger partial charge is 0.377 e. The summed E-state index contributed by atoms with van der Waals surface area (Å²) >= 11 is 0. The van der Waals surface area contributed by atoms with Gasteiger partial charge in [0.15, 0.2) is 11.9 Å². The van der Waals surface area contributed by atoms with Crippen LogP contribution in [0.15, 0.2) is 11.5 Å². The molecular formula is C12H17NO7. The van der Waals surface area contributed by atoms with E-state index >= 15 is 0 Å². The van der Waals surface area contributed by atoms with E-state index < -0.39 is 42.3 Å². The molecule has 20 heavy (non-hydrogen) atoms. The number of hydrogen-bond acceptors (Lipinski definition) is 8. The Balaban J connectivity index is 1.82. The van der Waals surface area contributed by atoms with Crippen molar-refractivity contribution in [1.82, 2.24) is 5.32 Å². The number of nitrogens with one attached hydrogen (secondary N) is 1. The monoisotopic (exact) mass is 287 g/mol. The number of carbonyl (C=O) groups excluding carboxylic acids is 2. The Morgan fingerprint density at radius 1 is 1.50 bits per heavy atom. The van der Waals surface area contributed by atoms with Crippen molar-refractivity contribution in [3.8, 4) is 0 Å². The Kier molecular flexibility index (Phi) is 4.46. The van der Waals surface area contributed by atoms with Crippen molar-refractivity contribution in [2.75, 3.05) is 19.7 Å². The number of piperidine rings is 1. The first-order chi connectivity index (χ1) is 9.50. The molecule has 8 nitrogen and oxygen atoms in total. The zero-order valence-corrected chi connectivity index (χ0v) is 10.7. The fourth-order valence-electron chi connectivity index (χ4n) is 2.15. The minimum Gasteiger partial charge on any atom is -0.505 e. The van der Waals surface area contributed by atoms with Gasteiger partial charge in [-0.05, 0) is 19.4 Å². The molecule has 0 radical (unpaired) electrons. The molecule has 8 heteroatoms. The lowest BCUT2D eigenvalue weighted by Gasteiger charge is -2.22. The first-order valence-corrected chi connectivity index (χ1v) is 6.39. The summed E-state index contributed by atoms with van der Waals surface area (Å²) in [6.07, 6.45) is -1.24. The maximum Gasteiger partial charge on any atom is 0.377 e. The first kappa shape index (κ1) is 14.6. The SMILES string of the molecule is O=C1O[C@H]([C@H](O)COC(=O)C2CCCNC2)C(O)=C1O. The fourth-order valence-corrected chi connectivity index (χ4v) is 2.15. The molecule has 0 aromatic carbocycles. The second-order valence-electron chi connectivity index (χ2n) is 4.80. The number of aliphatic hydroxyl groups is 3. The molecule has 4 N–H and O–H groups in total. The van der Waals surface area contributed by atoms with Crippen molar-refractivity contribution in [1.29, 1.82) is 0 Å². The molecule has 0 spiro atoms. The van der Waals surface area contributed by atoms with Crippen LogP contribution in [0.2, 0.25) is 0 Å². The highest BCUT2D eigenvalue weighted by Crippen LogP contribution is 2.22. The van der Waals surface area contributed by atoms with Crippen molar-refractivity contribution >= 4 is 11.9 Å². The maximum atomic E-state index is 11.7. The topological polar surface area (TPSA) is 125 Å². The van der Waals surface area contributed by atoms with Gasteiger partial charge in [0.05, 0.1) is 5.92 Å². The summed E-state index contributed by atoms with van der Waals surface area (Å²) in [5.41, 5.74) is 0. The van der Waals surface area contributed by atoms with Crippen molar-refractivity contribution in [3.05, 3.63) is 11.5 Å². The third-order valence-corrected chi connectivity index (χ3v) is 3.32. The van der Waals surface area contributed by atoms with Crippen LogP contribution in [0.4, 0.5) is 0 Å². The summed E-state index contributed by atoms with van der Waals surface area (Å²) in [7, 11) is 0. The van der Waals surface area contributed by atoms with Crippen LogP contribution in [-0.2, 0) is 19.1 Å². The van der Waals surface area contributed by atoms with Gasteiger partial charge in [0.2, 0.25) is 5.76 Å². The van der Waals surface area contributed by atoms with Gasteiger partial charge >= 0.3 is 11.9 Å². The fraction of sp³-hybridized carbons (Fsp3) is 0.667. The van der Waals surface area contributed by atoms with E-state index in [-0.39, 0.29) is 5.92 Å². The molecule has 1 fully saturated rings. The van der Waals surface area contributed by atoms with Crippen LogP contribution in [0.3, 0.4) is 0 Å². The van der Waals surface area contributed by atoms with Gasteiger partial charge < -0.3 is 30.1 Å². The van der Waals surface area contributed by atoms with Crippen molar-refractivity contribution in [2.24, 2.45) is 5.92 Å². The molecule has 0 aromatic heterocycles. The van der Waals surface area contributed by atoms with E-state index in [9.17, 15) is 19.8 Å². The van der Waals surface area contributed by atoms with Crippen molar-refractivity contribution in [3.63, 3.8) is 0 Å². The van der Waals surface area contributed by atoms with Gasteiger partial charge in [-0.2, -0.15) is 0 Å². The summed E-state index contributed by atoms with van der Waals surface area (Å²) in [6, 6.07) is 0. The largest absolute Gasteiger partial charge is 0.505 e. The first-order valence-electron chi connectivity index (χ1n) is 6.39. The number of ether oxygens (including phenoxy) is 2. The maximum absolute atomic E-state index is 11.7. The lowest BCUT2D eigenvalue weighted by Crippen LogP contribution is -2.38. The predicted molar refractivity (Wildman–Crippen MR) is 64.7 cm³/mol. The van der Waals surface area contributed by atoms with E-state index in [1.807, 2.05) is 0 Å². The van der Waals surface area contributed by atoms with E-state index in [0.29, 0.717) is 13.0 Å². The van der Waals surface area contributed by atoms with E-state index in [4.69, 9.17) is 9.84 Å². The average Bonchev–Trinajstić information content (AvgIpc) is 2.73.